The lowest BCUT2D eigenvalue weighted by atomic mass is 9.80. The highest BCUT2D eigenvalue weighted by Gasteiger charge is 2.51. The molecule has 1 aromatic carbocycles. The third-order valence-corrected chi connectivity index (χ3v) is 8.37. The number of aliphatic hydroxyl groups is 1. The van der Waals surface area contributed by atoms with Gasteiger partial charge in [0.2, 0.25) is 5.91 Å². The van der Waals surface area contributed by atoms with Crippen molar-refractivity contribution in [3.05, 3.63) is 35.9 Å². The second-order valence-electron chi connectivity index (χ2n) is 10.5. The van der Waals surface area contributed by atoms with Crippen molar-refractivity contribution in [2.45, 2.75) is 81.0 Å². The van der Waals surface area contributed by atoms with Gasteiger partial charge in [-0.15, -0.1) is 0 Å². The van der Waals surface area contributed by atoms with Crippen LogP contribution in [0.5, 0.6) is 0 Å². The van der Waals surface area contributed by atoms with Crippen LogP contribution in [0, 0.1) is 17.2 Å². The van der Waals surface area contributed by atoms with Crippen LogP contribution >= 0.6 is 0 Å². The number of aliphatic hydroxyl groups excluding tert-OH is 1. The van der Waals surface area contributed by atoms with Gasteiger partial charge in [0.25, 0.3) is 0 Å². The SMILES string of the molecule is N#CCC1(N2CCC(N[C@@H]3CC3c3ccccc3)CC2)CN(C(=O)C2CCC(O)CC2)C1. The highest BCUT2D eigenvalue weighted by molar-refractivity contribution is 5.80. The molecule has 6 nitrogen and oxygen atoms in total. The molecule has 1 amide bonds. The first-order valence-electron chi connectivity index (χ1n) is 12.5. The Bertz CT molecular complexity index is 831. The quantitative estimate of drug-likeness (QED) is 0.717. The Hall–Kier alpha value is -1.94. The molecular weight excluding hydrogens is 400 g/mol. The maximum absolute atomic E-state index is 12.9. The highest BCUT2D eigenvalue weighted by atomic mass is 16.3. The molecule has 2 aliphatic heterocycles. The van der Waals surface area contributed by atoms with Crippen molar-refractivity contribution >= 4 is 5.91 Å². The van der Waals surface area contributed by atoms with Gasteiger partial charge in [-0.1, -0.05) is 30.3 Å². The summed E-state index contributed by atoms with van der Waals surface area (Å²) in [5, 5.41) is 23.1. The monoisotopic (exact) mass is 436 g/mol. The lowest BCUT2D eigenvalue weighted by Gasteiger charge is -2.57. The van der Waals surface area contributed by atoms with E-state index in [-0.39, 0.29) is 23.5 Å². The minimum absolute atomic E-state index is 0.0597. The zero-order valence-corrected chi connectivity index (χ0v) is 19.0. The second-order valence-corrected chi connectivity index (χ2v) is 10.5. The molecule has 2 saturated heterocycles. The topological polar surface area (TPSA) is 79.6 Å². The first-order valence-corrected chi connectivity index (χ1v) is 12.5. The maximum atomic E-state index is 12.9. The molecule has 1 aromatic rings. The van der Waals surface area contributed by atoms with E-state index in [9.17, 15) is 15.2 Å². The van der Waals surface area contributed by atoms with Crippen LogP contribution < -0.4 is 5.32 Å². The number of nitrogens with one attached hydrogen (secondary N) is 1. The molecule has 4 fully saturated rings. The Morgan fingerprint density at radius 2 is 1.78 bits per heavy atom. The molecule has 2 heterocycles. The number of hydrogen-bond donors (Lipinski definition) is 2. The highest BCUT2D eigenvalue weighted by Crippen LogP contribution is 2.42. The number of nitriles is 1. The van der Waals surface area contributed by atoms with E-state index in [1.807, 2.05) is 4.90 Å². The average molecular weight is 437 g/mol. The average Bonchev–Trinajstić information content (AvgIpc) is 3.56. The molecule has 32 heavy (non-hydrogen) atoms. The van der Waals surface area contributed by atoms with Crippen LogP contribution in [0.1, 0.15) is 62.8 Å². The predicted octanol–water partition coefficient (Wildman–Crippen LogP) is 2.64. The van der Waals surface area contributed by atoms with Crippen molar-refractivity contribution in [3.8, 4) is 6.07 Å². The molecule has 2 atom stereocenters. The molecule has 6 heteroatoms. The van der Waals surface area contributed by atoms with E-state index in [1.165, 1.54) is 12.0 Å². The van der Waals surface area contributed by atoms with E-state index >= 15 is 0 Å². The molecular formula is C26H36N4O2. The molecule has 172 valence electrons. The lowest BCUT2D eigenvalue weighted by Crippen LogP contribution is -2.73. The Morgan fingerprint density at radius 3 is 2.44 bits per heavy atom. The number of piperidine rings is 1. The van der Waals surface area contributed by atoms with E-state index < -0.39 is 0 Å². The molecule has 0 aromatic heterocycles. The van der Waals surface area contributed by atoms with Gasteiger partial charge in [0.1, 0.15) is 0 Å². The van der Waals surface area contributed by atoms with Gasteiger partial charge in [-0.2, -0.15) is 5.26 Å². The van der Waals surface area contributed by atoms with Gasteiger partial charge in [0.05, 0.1) is 24.1 Å². The lowest BCUT2D eigenvalue weighted by molar-refractivity contribution is -0.153. The summed E-state index contributed by atoms with van der Waals surface area (Å²) in [5.41, 5.74) is 1.29. The number of carbonyl (C=O) groups is 1. The summed E-state index contributed by atoms with van der Waals surface area (Å²) < 4.78 is 0. The molecule has 0 radical (unpaired) electrons. The number of likely N-dealkylation sites (tertiary alicyclic amines) is 2. The summed E-state index contributed by atoms with van der Waals surface area (Å²) in [6.45, 7) is 3.38. The molecule has 5 rings (SSSR count). The van der Waals surface area contributed by atoms with Crippen molar-refractivity contribution in [2.24, 2.45) is 5.92 Å². The summed E-state index contributed by atoms with van der Waals surface area (Å²) in [7, 11) is 0. The molecule has 1 unspecified atom stereocenters. The summed E-state index contributed by atoms with van der Waals surface area (Å²) >= 11 is 0. The second kappa shape index (κ2) is 9.13. The molecule has 2 N–H and O–H groups in total. The van der Waals surface area contributed by atoms with E-state index in [0.29, 0.717) is 37.5 Å². The number of nitrogens with zero attached hydrogens (tertiary/aromatic N) is 3. The van der Waals surface area contributed by atoms with Gasteiger partial charge >= 0.3 is 0 Å². The van der Waals surface area contributed by atoms with Crippen molar-refractivity contribution in [1.29, 1.82) is 5.26 Å². The van der Waals surface area contributed by atoms with Gasteiger partial charge in [0, 0.05) is 50.1 Å². The van der Waals surface area contributed by atoms with Crippen LogP contribution in [0.2, 0.25) is 0 Å². The Balaban J connectivity index is 1.10. The first-order chi connectivity index (χ1) is 15.6. The predicted molar refractivity (Wildman–Crippen MR) is 123 cm³/mol. The van der Waals surface area contributed by atoms with E-state index in [2.05, 4.69) is 46.6 Å². The molecule has 2 saturated carbocycles. The molecule has 4 aliphatic rings. The van der Waals surface area contributed by atoms with Crippen molar-refractivity contribution in [2.75, 3.05) is 26.2 Å². The van der Waals surface area contributed by atoms with Crippen LogP contribution in [-0.2, 0) is 4.79 Å². The van der Waals surface area contributed by atoms with Gasteiger partial charge in [-0.3, -0.25) is 9.69 Å². The first kappa shape index (κ1) is 21.9. The third kappa shape index (κ3) is 4.44. The number of amides is 1. The fourth-order valence-corrected chi connectivity index (χ4v) is 6.24. The van der Waals surface area contributed by atoms with E-state index in [0.717, 1.165) is 51.6 Å². The molecule has 2 aliphatic carbocycles. The number of rotatable bonds is 6. The number of hydrogen-bond acceptors (Lipinski definition) is 5. The largest absolute Gasteiger partial charge is 0.393 e. The van der Waals surface area contributed by atoms with Crippen molar-refractivity contribution < 1.29 is 9.90 Å². The zero-order valence-electron chi connectivity index (χ0n) is 19.0. The van der Waals surface area contributed by atoms with Crippen LogP contribution in [-0.4, -0.2) is 70.7 Å². The maximum Gasteiger partial charge on any atom is 0.225 e. The van der Waals surface area contributed by atoms with Crippen LogP contribution in [0.25, 0.3) is 0 Å². The summed E-state index contributed by atoms with van der Waals surface area (Å²) in [5.74, 6) is 0.957. The fraction of sp³-hybridized carbons (Fsp3) is 0.692. The summed E-state index contributed by atoms with van der Waals surface area (Å²) in [4.78, 5) is 17.4. The number of carbonyl (C=O) groups excluding carboxylic acids is 1. The standard InChI is InChI=1S/C26H36N4O2/c27-13-12-26(17-29(18-26)25(32)20-6-8-22(31)9-7-20)30-14-10-21(11-15-30)28-24-16-23(24)19-4-2-1-3-5-19/h1-5,20-24,28,31H,6-12,14-18H2/t20?,22?,23?,24-/m1/s1. The van der Waals surface area contributed by atoms with Crippen LogP contribution in [0.4, 0.5) is 0 Å². The van der Waals surface area contributed by atoms with Gasteiger partial charge in [0.15, 0.2) is 0 Å². The van der Waals surface area contributed by atoms with Gasteiger partial charge < -0.3 is 15.3 Å². The Kier molecular flexibility index (Phi) is 6.24. The fourth-order valence-electron chi connectivity index (χ4n) is 6.24. The third-order valence-electron chi connectivity index (χ3n) is 8.37. The minimum Gasteiger partial charge on any atom is -0.393 e. The minimum atomic E-state index is -0.235. The summed E-state index contributed by atoms with van der Waals surface area (Å²) in [6.07, 6.45) is 6.78. The molecule has 0 bridgehead atoms. The summed E-state index contributed by atoms with van der Waals surface area (Å²) in [6, 6.07) is 14.4. The number of benzene rings is 1. The van der Waals surface area contributed by atoms with E-state index in [1.54, 1.807) is 0 Å². The van der Waals surface area contributed by atoms with Crippen molar-refractivity contribution in [1.82, 2.24) is 15.1 Å². The van der Waals surface area contributed by atoms with Crippen molar-refractivity contribution in [3.63, 3.8) is 0 Å². The van der Waals surface area contributed by atoms with Crippen LogP contribution in [0.15, 0.2) is 30.3 Å². The van der Waals surface area contributed by atoms with Gasteiger partial charge in [-0.05, 0) is 50.5 Å². The van der Waals surface area contributed by atoms with E-state index in [4.69, 9.17) is 0 Å². The Labute approximate surface area is 191 Å². The molecule has 0 spiro atoms. The Morgan fingerprint density at radius 1 is 1.09 bits per heavy atom. The normalized spacial score (nSPS) is 32.7. The smallest absolute Gasteiger partial charge is 0.225 e. The van der Waals surface area contributed by atoms with Gasteiger partial charge in [-0.25, -0.2) is 0 Å². The van der Waals surface area contributed by atoms with Crippen LogP contribution in [0.3, 0.4) is 0 Å². The zero-order chi connectivity index (χ0) is 22.1.